The van der Waals surface area contributed by atoms with Gasteiger partial charge in [-0.25, -0.2) is 0 Å². The smallest absolute Gasteiger partial charge is 0.0558 e. The summed E-state index contributed by atoms with van der Waals surface area (Å²) in [5, 5.41) is 8.93. The zero-order valence-corrected chi connectivity index (χ0v) is 9.11. The summed E-state index contributed by atoms with van der Waals surface area (Å²) in [6, 6.07) is 6.61. The van der Waals surface area contributed by atoms with Gasteiger partial charge in [0.25, 0.3) is 0 Å². The van der Waals surface area contributed by atoms with Crippen LogP contribution in [0.5, 0.6) is 0 Å². The van der Waals surface area contributed by atoms with Gasteiger partial charge in [-0.05, 0) is 43.1 Å². The second-order valence-corrected chi connectivity index (χ2v) is 4.22. The summed E-state index contributed by atoms with van der Waals surface area (Å²) >= 11 is 0. The second kappa shape index (κ2) is 4.21. The van der Waals surface area contributed by atoms with E-state index in [4.69, 9.17) is 10.8 Å². The molecule has 0 aliphatic heterocycles. The Morgan fingerprint density at radius 3 is 3.07 bits per heavy atom. The third-order valence-electron chi connectivity index (χ3n) is 3.20. The Morgan fingerprint density at radius 2 is 2.33 bits per heavy atom. The van der Waals surface area contributed by atoms with E-state index in [1.807, 2.05) is 6.07 Å². The fourth-order valence-electron chi connectivity index (χ4n) is 2.39. The van der Waals surface area contributed by atoms with E-state index in [2.05, 4.69) is 24.1 Å². The molecule has 0 heterocycles. The number of benzene rings is 1. The first kappa shape index (κ1) is 10.5. The average molecular weight is 206 g/mol. The molecule has 2 rings (SSSR count). The summed E-state index contributed by atoms with van der Waals surface area (Å²) in [6.45, 7) is 0.950. The van der Waals surface area contributed by atoms with Gasteiger partial charge in [-0.3, -0.25) is 4.90 Å². The van der Waals surface area contributed by atoms with Crippen molar-refractivity contribution in [3.05, 3.63) is 29.3 Å². The Labute approximate surface area is 90.5 Å². The van der Waals surface area contributed by atoms with E-state index < -0.39 is 0 Å². The molecule has 0 spiro atoms. The molecule has 3 heteroatoms. The quantitative estimate of drug-likeness (QED) is 0.730. The van der Waals surface area contributed by atoms with Crippen LogP contribution in [-0.4, -0.2) is 30.2 Å². The summed E-state index contributed by atoms with van der Waals surface area (Å²) in [5.41, 5.74) is 9.34. The molecule has 82 valence electrons. The lowest BCUT2D eigenvalue weighted by atomic mass is 10.1. The highest BCUT2D eigenvalue weighted by Crippen LogP contribution is 2.35. The first-order valence-corrected chi connectivity index (χ1v) is 5.42. The summed E-state index contributed by atoms with van der Waals surface area (Å²) < 4.78 is 0. The SMILES string of the molecule is CN(CCO)C1CCc2cc(N)ccc21. The van der Waals surface area contributed by atoms with Gasteiger partial charge >= 0.3 is 0 Å². The van der Waals surface area contributed by atoms with Crippen molar-refractivity contribution >= 4 is 5.69 Å². The Morgan fingerprint density at radius 1 is 1.53 bits per heavy atom. The summed E-state index contributed by atoms with van der Waals surface area (Å²) in [6.07, 6.45) is 2.23. The number of aliphatic hydroxyl groups is 1. The number of aliphatic hydroxyl groups excluding tert-OH is 1. The topological polar surface area (TPSA) is 49.5 Å². The van der Waals surface area contributed by atoms with Gasteiger partial charge in [-0.1, -0.05) is 6.07 Å². The van der Waals surface area contributed by atoms with Crippen LogP contribution in [0.4, 0.5) is 5.69 Å². The highest BCUT2D eigenvalue weighted by Gasteiger charge is 2.25. The largest absolute Gasteiger partial charge is 0.399 e. The van der Waals surface area contributed by atoms with Gasteiger partial charge in [0, 0.05) is 18.3 Å². The van der Waals surface area contributed by atoms with Crippen molar-refractivity contribution in [3.63, 3.8) is 0 Å². The van der Waals surface area contributed by atoms with Crippen LogP contribution in [-0.2, 0) is 6.42 Å². The normalized spacial score (nSPS) is 19.5. The lowest BCUT2D eigenvalue weighted by Crippen LogP contribution is -2.26. The molecule has 0 bridgehead atoms. The Balaban J connectivity index is 2.21. The number of hydrogen-bond acceptors (Lipinski definition) is 3. The van der Waals surface area contributed by atoms with Crippen molar-refractivity contribution in [2.75, 3.05) is 25.9 Å². The maximum absolute atomic E-state index is 8.93. The van der Waals surface area contributed by atoms with Crippen LogP contribution in [0, 0.1) is 0 Å². The molecule has 1 aromatic rings. The molecule has 1 aliphatic rings. The maximum Gasteiger partial charge on any atom is 0.0558 e. The highest BCUT2D eigenvalue weighted by molar-refractivity contribution is 5.47. The highest BCUT2D eigenvalue weighted by atomic mass is 16.3. The van der Waals surface area contributed by atoms with Gasteiger partial charge < -0.3 is 10.8 Å². The molecule has 1 atom stereocenters. The van der Waals surface area contributed by atoms with Gasteiger partial charge in [0.1, 0.15) is 0 Å². The molecule has 0 aromatic heterocycles. The lowest BCUT2D eigenvalue weighted by Gasteiger charge is -2.24. The Kier molecular flexibility index (Phi) is 2.93. The lowest BCUT2D eigenvalue weighted by molar-refractivity contribution is 0.180. The number of rotatable bonds is 3. The molecule has 0 saturated carbocycles. The van der Waals surface area contributed by atoms with E-state index in [1.54, 1.807) is 0 Å². The van der Waals surface area contributed by atoms with Crippen LogP contribution >= 0.6 is 0 Å². The van der Waals surface area contributed by atoms with Crippen LogP contribution in [0.15, 0.2) is 18.2 Å². The van der Waals surface area contributed by atoms with Crippen molar-refractivity contribution in [2.24, 2.45) is 0 Å². The molecule has 0 radical (unpaired) electrons. The zero-order chi connectivity index (χ0) is 10.8. The third-order valence-corrected chi connectivity index (χ3v) is 3.20. The van der Waals surface area contributed by atoms with Crippen LogP contribution in [0.3, 0.4) is 0 Å². The van der Waals surface area contributed by atoms with Crippen LogP contribution in [0.25, 0.3) is 0 Å². The number of hydrogen-bond donors (Lipinski definition) is 2. The van der Waals surface area contributed by atoms with E-state index in [0.29, 0.717) is 6.04 Å². The molecule has 0 fully saturated rings. The van der Waals surface area contributed by atoms with E-state index in [-0.39, 0.29) is 6.61 Å². The summed E-state index contributed by atoms with van der Waals surface area (Å²) in [5.74, 6) is 0. The zero-order valence-electron chi connectivity index (χ0n) is 9.11. The number of nitrogen functional groups attached to an aromatic ring is 1. The first-order valence-electron chi connectivity index (χ1n) is 5.42. The molecule has 3 N–H and O–H groups in total. The molecular weight excluding hydrogens is 188 g/mol. The number of likely N-dealkylation sites (N-methyl/N-ethyl adjacent to an activating group) is 1. The van der Waals surface area contributed by atoms with E-state index in [9.17, 15) is 0 Å². The molecule has 1 unspecified atom stereocenters. The molecule has 1 aromatic carbocycles. The molecule has 0 saturated heterocycles. The van der Waals surface area contributed by atoms with Crippen molar-refractivity contribution in [2.45, 2.75) is 18.9 Å². The summed E-state index contributed by atoms with van der Waals surface area (Å²) in [4.78, 5) is 2.21. The van der Waals surface area contributed by atoms with Gasteiger partial charge in [0.05, 0.1) is 6.61 Å². The van der Waals surface area contributed by atoms with Crippen LogP contribution in [0.2, 0.25) is 0 Å². The number of anilines is 1. The number of nitrogens with zero attached hydrogens (tertiary/aromatic N) is 1. The third kappa shape index (κ3) is 1.98. The Bertz CT molecular complexity index is 351. The first-order chi connectivity index (χ1) is 7.22. The van der Waals surface area contributed by atoms with Gasteiger partial charge in [-0.2, -0.15) is 0 Å². The minimum absolute atomic E-state index is 0.220. The minimum Gasteiger partial charge on any atom is -0.399 e. The van der Waals surface area contributed by atoms with Crippen molar-refractivity contribution in [1.29, 1.82) is 0 Å². The van der Waals surface area contributed by atoms with E-state index in [1.165, 1.54) is 11.1 Å². The maximum atomic E-state index is 8.93. The molecule has 3 nitrogen and oxygen atoms in total. The van der Waals surface area contributed by atoms with Gasteiger partial charge in [0.2, 0.25) is 0 Å². The van der Waals surface area contributed by atoms with Gasteiger partial charge in [-0.15, -0.1) is 0 Å². The fraction of sp³-hybridized carbons (Fsp3) is 0.500. The number of aryl methyl sites for hydroxylation is 1. The van der Waals surface area contributed by atoms with E-state index >= 15 is 0 Å². The average Bonchev–Trinajstić information content (AvgIpc) is 2.60. The Hall–Kier alpha value is -1.06. The van der Waals surface area contributed by atoms with Crippen molar-refractivity contribution in [3.8, 4) is 0 Å². The van der Waals surface area contributed by atoms with Crippen molar-refractivity contribution in [1.82, 2.24) is 4.90 Å². The molecule has 15 heavy (non-hydrogen) atoms. The fourth-order valence-corrected chi connectivity index (χ4v) is 2.39. The predicted molar refractivity (Wildman–Crippen MR) is 61.6 cm³/mol. The van der Waals surface area contributed by atoms with Crippen LogP contribution < -0.4 is 5.73 Å². The molecule has 1 aliphatic carbocycles. The summed E-state index contributed by atoms with van der Waals surface area (Å²) in [7, 11) is 2.06. The standard InChI is InChI=1S/C12H18N2O/c1-14(6-7-15)12-5-2-9-8-10(13)3-4-11(9)12/h3-4,8,12,15H,2,5-7,13H2,1H3. The minimum atomic E-state index is 0.220. The molecular formula is C12H18N2O. The second-order valence-electron chi connectivity index (χ2n) is 4.22. The predicted octanol–water partition coefficient (Wildman–Crippen LogP) is 1.18. The van der Waals surface area contributed by atoms with Crippen LogP contribution in [0.1, 0.15) is 23.6 Å². The monoisotopic (exact) mass is 206 g/mol. The molecule has 0 amide bonds. The number of fused-ring (bicyclic) bond motifs is 1. The number of nitrogens with two attached hydrogens (primary N) is 1. The van der Waals surface area contributed by atoms with Gasteiger partial charge in [0.15, 0.2) is 0 Å². The van der Waals surface area contributed by atoms with Crippen molar-refractivity contribution < 1.29 is 5.11 Å². The van der Waals surface area contributed by atoms with E-state index in [0.717, 1.165) is 25.1 Å².